The van der Waals surface area contributed by atoms with Crippen LogP contribution in [0.5, 0.6) is 0 Å². The molecule has 0 aliphatic carbocycles. The average molecular weight is 303 g/mol. The van der Waals surface area contributed by atoms with Crippen LogP contribution in [0.3, 0.4) is 0 Å². The van der Waals surface area contributed by atoms with Gasteiger partial charge in [0, 0.05) is 18.0 Å². The number of nitrogens with one attached hydrogen (secondary N) is 1. The van der Waals surface area contributed by atoms with Gasteiger partial charge in [-0.25, -0.2) is 4.68 Å². The molecule has 1 amide bonds. The molecule has 0 saturated heterocycles. The van der Waals surface area contributed by atoms with E-state index in [4.69, 9.17) is 0 Å². The van der Waals surface area contributed by atoms with E-state index in [1.54, 1.807) is 10.9 Å². The highest BCUT2D eigenvalue weighted by molar-refractivity contribution is 5.93. The Hall–Kier alpha value is -2.11. The normalized spacial score (nSPS) is 12.6. The topological polar surface area (TPSA) is 64.7 Å². The predicted molar refractivity (Wildman–Crippen MR) is 86.8 cm³/mol. The molecule has 2 aromatic heterocycles. The first-order chi connectivity index (χ1) is 10.6. The van der Waals surface area contributed by atoms with Crippen LogP contribution < -0.4 is 5.32 Å². The molecule has 0 bridgehead atoms. The van der Waals surface area contributed by atoms with Crippen molar-refractivity contribution in [3.63, 3.8) is 0 Å². The first-order valence-corrected chi connectivity index (χ1v) is 7.96. The van der Waals surface area contributed by atoms with E-state index in [1.807, 2.05) is 37.0 Å². The average Bonchev–Trinajstić information content (AvgIpc) is 3.14. The molecule has 1 atom stereocenters. The van der Waals surface area contributed by atoms with Gasteiger partial charge < -0.3 is 5.32 Å². The smallest absolute Gasteiger partial charge is 0.250 e. The molecule has 0 fully saturated rings. The zero-order chi connectivity index (χ0) is 16.1. The van der Waals surface area contributed by atoms with Gasteiger partial charge in [0.2, 0.25) is 5.91 Å². The number of rotatable bonds is 7. The molecule has 2 aromatic rings. The van der Waals surface area contributed by atoms with Crippen LogP contribution in [0.25, 0.3) is 0 Å². The molecule has 0 aliphatic rings. The minimum atomic E-state index is -0.306. The molecule has 0 saturated carbocycles. The van der Waals surface area contributed by atoms with Crippen LogP contribution in [0, 0.1) is 6.92 Å². The third-order valence-corrected chi connectivity index (χ3v) is 4.04. The van der Waals surface area contributed by atoms with Crippen LogP contribution in [0.15, 0.2) is 24.7 Å². The second-order valence-corrected chi connectivity index (χ2v) is 5.49. The van der Waals surface area contributed by atoms with E-state index in [9.17, 15) is 4.79 Å². The third kappa shape index (κ3) is 3.21. The second-order valence-electron chi connectivity index (χ2n) is 5.49. The monoisotopic (exact) mass is 303 g/mol. The van der Waals surface area contributed by atoms with Gasteiger partial charge in [0.05, 0.1) is 12.2 Å². The molecule has 0 radical (unpaired) electrons. The van der Waals surface area contributed by atoms with Crippen molar-refractivity contribution >= 4 is 11.7 Å². The first-order valence-electron chi connectivity index (χ1n) is 7.96. The maximum Gasteiger partial charge on any atom is 0.250 e. The van der Waals surface area contributed by atoms with E-state index in [-0.39, 0.29) is 11.9 Å². The van der Waals surface area contributed by atoms with Crippen LogP contribution in [0.2, 0.25) is 0 Å². The van der Waals surface area contributed by atoms with Crippen molar-refractivity contribution < 1.29 is 4.79 Å². The molecule has 22 heavy (non-hydrogen) atoms. The molecular weight excluding hydrogens is 278 g/mol. The lowest BCUT2D eigenvalue weighted by Crippen LogP contribution is -2.28. The third-order valence-electron chi connectivity index (χ3n) is 4.04. The molecule has 0 aromatic carbocycles. The second kappa shape index (κ2) is 7.24. The van der Waals surface area contributed by atoms with Crippen LogP contribution in [0.1, 0.15) is 57.7 Å². The van der Waals surface area contributed by atoms with Crippen molar-refractivity contribution in [3.05, 3.63) is 30.2 Å². The standard InChI is InChI=1S/C16H25N5O/c1-5-13(6-2)21-15(12(4)11-18-21)19-16(22)14(7-3)20-10-8-9-17-20/h8-11,13-14H,5-7H2,1-4H3,(H,19,22)/t14-/m1/s1. The predicted octanol–water partition coefficient (Wildman–Crippen LogP) is 3.34. The molecule has 6 heteroatoms. The molecule has 2 rings (SSSR count). The van der Waals surface area contributed by atoms with Crippen molar-refractivity contribution in [3.8, 4) is 0 Å². The number of aryl methyl sites for hydroxylation is 1. The minimum absolute atomic E-state index is 0.0537. The summed E-state index contributed by atoms with van der Waals surface area (Å²) in [5.41, 5.74) is 0.982. The Morgan fingerprint density at radius 3 is 2.50 bits per heavy atom. The molecule has 6 nitrogen and oxygen atoms in total. The summed E-state index contributed by atoms with van der Waals surface area (Å²) in [4.78, 5) is 12.6. The van der Waals surface area contributed by atoms with Crippen LogP contribution in [-0.2, 0) is 4.79 Å². The fourth-order valence-corrected chi connectivity index (χ4v) is 2.67. The molecule has 0 spiro atoms. The lowest BCUT2D eigenvalue weighted by molar-refractivity contribution is -0.119. The lowest BCUT2D eigenvalue weighted by atomic mass is 10.1. The van der Waals surface area contributed by atoms with Gasteiger partial charge in [-0.2, -0.15) is 10.2 Å². The zero-order valence-electron chi connectivity index (χ0n) is 13.8. The Bertz CT molecular complexity index is 598. The number of hydrogen-bond donors (Lipinski definition) is 1. The van der Waals surface area contributed by atoms with E-state index in [1.165, 1.54) is 0 Å². The molecule has 2 heterocycles. The van der Waals surface area contributed by atoms with Gasteiger partial charge in [-0.15, -0.1) is 0 Å². The number of carbonyl (C=O) groups is 1. The Balaban J connectivity index is 2.23. The van der Waals surface area contributed by atoms with E-state index < -0.39 is 0 Å². The van der Waals surface area contributed by atoms with Gasteiger partial charge in [0.15, 0.2) is 0 Å². The number of amides is 1. The lowest BCUT2D eigenvalue weighted by Gasteiger charge is -2.20. The van der Waals surface area contributed by atoms with Gasteiger partial charge >= 0.3 is 0 Å². The summed E-state index contributed by atoms with van der Waals surface area (Å²) in [6, 6.07) is 1.82. The summed E-state index contributed by atoms with van der Waals surface area (Å²) in [6.07, 6.45) is 7.97. The quantitative estimate of drug-likeness (QED) is 0.853. The summed E-state index contributed by atoms with van der Waals surface area (Å²) >= 11 is 0. The van der Waals surface area contributed by atoms with Gasteiger partial charge in [0.1, 0.15) is 11.9 Å². The highest BCUT2D eigenvalue weighted by atomic mass is 16.2. The summed E-state index contributed by atoms with van der Waals surface area (Å²) < 4.78 is 3.63. The van der Waals surface area contributed by atoms with Crippen LogP contribution >= 0.6 is 0 Å². The fraction of sp³-hybridized carbons (Fsp3) is 0.562. The highest BCUT2D eigenvalue weighted by Crippen LogP contribution is 2.24. The Labute approximate surface area is 131 Å². The highest BCUT2D eigenvalue weighted by Gasteiger charge is 2.22. The van der Waals surface area contributed by atoms with Gasteiger partial charge in [-0.1, -0.05) is 20.8 Å². The minimum Gasteiger partial charge on any atom is -0.309 e. The fourth-order valence-electron chi connectivity index (χ4n) is 2.67. The van der Waals surface area contributed by atoms with Gasteiger partial charge in [-0.3, -0.25) is 9.48 Å². The zero-order valence-corrected chi connectivity index (χ0v) is 13.8. The summed E-state index contributed by atoms with van der Waals surface area (Å²) in [5, 5.41) is 11.7. The van der Waals surface area contributed by atoms with E-state index >= 15 is 0 Å². The molecule has 0 unspecified atom stereocenters. The molecule has 0 aliphatic heterocycles. The number of aromatic nitrogens is 4. The largest absolute Gasteiger partial charge is 0.309 e. The van der Waals surface area contributed by atoms with Crippen molar-refractivity contribution in [2.45, 2.75) is 59.0 Å². The number of anilines is 1. The number of nitrogens with zero attached hydrogens (tertiary/aromatic N) is 4. The Kier molecular flexibility index (Phi) is 5.35. The van der Waals surface area contributed by atoms with E-state index in [0.29, 0.717) is 12.5 Å². The number of hydrogen-bond acceptors (Lipinski definition) is 3. The number of carbonyl (C=O) groups excluding carboxylic acids is 1. The molecular formula is C16H25N5O. The van der Waals surface area contributed by atoms with E-state index in [0.717, 1.165) is 24.2 Å². The summed E-state index contributed by atoms with van der Waals surface area (Å²) in [7, 11) is 0. The van der Waals surface area contributed by atoms with E-state index in [2.05, 4.69) is 29.4 Å². The van der Waals surface area contributed by atoms with Crippen molar-refractivity contribution in [1.82, 2.24) is 19.6 Å². The Morgan fingerprint density at radius 2 is 1.95 bits per heavy atom. The molecule has 1 N–H and O–H groups in total. The van der Waals surface area contributed by atoms with Gasteiger partial charge in [0.25, 0.3) is 0 Å². The van der Waals surface area contributed by atoms with Crippen LogP contribution in [0.4, 0.5) is 5.82 Å². The maximum atomic E-state index is 12.6. The van der Waals surface area contributed by atoms with Gasteiger partial charge in [-0.05, 0) is 32.3 Å². The van der Waals surface area contributed by atoms with Crippen LogP contribution in [-0.4, -0.2) is 25.5 Å². The van der Waals surface area contributed by atoms with Crippen molar-refractivity contribution in [2.24, 2.45) is 0 Å². The summed E-state index contributed by atoms with van der Waals surface area (Å²) in [6.45, 7) is 8.22. The maximum absolute atomic E-state index is 12.6. The SMILES string of the molecule is CCC(CC)n1ncc(C)c1NC(=O)[C@@H](CC)n1cccn1. The van der Waals surface area contributed by atoms with Crippen molar-refractivity contribution in [1.29, 1.82) is 0 Å². The Morgan fingerprint density at radius 1 is 1.23 bits per heavy atom. The van der Waals surface area contributed by atoms with Crippen molar-refractivity contribution in [2.75, 3.05) is 5.32 Å². The summed E-state index contributed by atoms with van der Waals surface area (Å²) in [5.74, 6) is 0.742. The molecule has 120 valence electrons. The first kappa shape index (κ1) is 16.3.